The number of halogens is 1. The van der Waals surface area contributed by atoms with Crippen LogP contribution in [-0.2, 0) is 4.74 Å². The number of hydrogen-bond donors (Lipinski definition) is 1. The maximum atomic E-state index is 12.1. The summed E-state index contributed by atoms with van der Waals surface area (Å²) in [5, 5.41) is 2.90. The molecule has 1 N–H and O–H groups in total. The standard InChI is InChI=1S/C12H19BrN2O2/c1-8(2)15-6-10(13)5-11(15)12(16)14-9(3)7-17-4/h5-6,8-9H,7H2,1-4H3,(H,14,16). The highest BCUT2D eigenvalue weighted by molar-refractivity contribution is 9.10. The number of methoxy groups -OCH3 is 1. The van der Waals surface area contributed by atoms with E-state index in [1.54, 1.807) is 7.11 Å². The third-order valence-electron chi connectivity index (χ3n) is 2.40. The first-order valence-electron chi connectivity index (χ1n) is 5.63. The fraction of sp³-hybridized carbons (Fsp3) is 0.583. The van der Waals surface area contributed by atoms with Gasteiger partial charge in [0, 0.05) is 29.9 Å². The molecule has 1 rings (SSSR count). The number of nitrogens with zero attached hydrogens (tertiary/aromatic N) is 1. The van der Waals surface area contributed by atoms with E-state index in [0.29, 0.717) is 12.3 Å². The van der Waals surface area contributed by atoms with Gasteiger partial charge in [0.1, 0.15) is 5.69 Å². The zero-order valence-corrected chi connectivity index (χ0v) is 12.2. The van der Waals surface area contributed by atoms with E-state index in [4.69, 9.17) is 4.74 Å². The number of ether oxygens (including phenoxy) is 1. The molecule has 0 saturated heterocycles. The van der Waals surface area contributed by atoms with Gasteiger partial charge in [0.2, 0.25) is 0 Å². The van der Waals surface area contributed by atoms with E-state index in [0.717, 1.165) is 4.47 Å². The Kier molecular flexibility index (Phi) is 5.21. The van der Waals surface area contributed by atoms with Crippen LogP contribution in [0.15, 0.2) is 16.7 Å². The highest BCUT2D eigenvalue weighted by Gasteiger charge is 2.16. The van der Waals surface area contributed by atoms with E-state index >= 15 is 0 Å². The average molecular weight is 303 g/mol. The molecule has 1 atom stereocenters. The van der Waals surface area contributed by atoms with Crippen LogP contribution in [0, 0.1) is 0 Å². The van der Waals surface area contributed by atoms with E-state index in [1.807, 2.05) is 37.6 Å². The normalized spacial score (nSPS) is 12.8. The third-order valence-corrected chi connectivity index (χ3v) is 2.83. The van der Waals surface area contributed by atoms with Crippen molar-refractivity contribution in [1.29, 1.82) is 0 Å². The number of rotatable bonds is 5. The van der Waals surface area contributed by atoms with Gasteiger partial charge in [0.25, 0.3) is 5.91 Å². The van der Waals surface area contributed by atoms with Crippen molar-refractivity contribution in [2.75, 3.05) is 13.7 Å². The van der Waals surface area contributed by atoms with Gasteiger partial charge >= 0.3 is 0 Å². The molecule has 0 spiro atoms. The molecule has 0 aliphatic rings. The molecule has 1 heterocycles. The van der Waals surface area contributed by atoms with Crippen LogP contribution in [0.25, 0.3) is 0 Å². The van der Waals surface area contributed by atoms with Gasteiger partial charge in [0.15, 0.2) is 0 Å². The lowest BCUT2D eigenvalue weighted by Gasteiger charge is -2.16. The van der Waals surface area contributed by atoms with E-state index in [1.165, 1.54) is 0 Å². The summed E-state index contributed by atoms with van der Waals surface area (Å²) in [4.78, 5) is 12.1. The van der Waals surface area contributed by atoms with Gasteiger partial charge in [-0.25, -0.2) is 0 Å². The molecule has 0 aliphatic carbocycles. The molecule has 1 amide bonds. The summed E-state index contributed by atoms with van der Waals surface area (Å²) < 4.78 is 7.85. The second-order valence-electron chi connectivity index (χ2n) is 4.37. The quantitative estimate of drug-likeness (QED) is 0.908. The SMILES string of the molecule is COCC(C)NC(=O)c1cc(Br)cn1C(C)C. The van der Waals surface area contributed by atoms with Gasteiger partial charge in [0.05, 0.1) is 6.61 Å². The second-order valence-corrected chi connectivity index (χ2v) is 5.29. The number of aromatic nitrogens is 1. The lowest BCUT2D eigenvalue weighted by molar-refractivity contribution is 0.0895. The molecular weight excluding hydrogens is 284 g/mol. The number of carbonyl (C=O) groups excluding carboxylic acids is 1. The molecule has 0 bridgehead atoms. The molecule has 17 heavy (non-hydrogen) atoms. The number of hydrogen-bond acceptors (Lipinski definition) is 2. The van der Waals surface area contributed by atoms with Crippen LogP contribution < -0.4 is 5.32 Å². The fourth-order valence-electron chi connectivity index (χ4n) is 1.64. The minimum absolute atomic E-state index is 0.00166. The maximum absolute atomic E-state index is 12.1. The second kappa shape index (κ2) is 6.21. The summed E-state index contributed by atoms with van der Waals surface area (Å²) in [7, 11) is 1.62. The minimum Gasteiger partial charge on any atom is -0.383 e. The largest absolute Gasteiger partial charge is 0.383 e. The van der Waals surface area contributed by atoms with Gasteiger partial charge in [-0.15, -0.1) is 0 Å². The van der Waals surface area contributed by atoms with Crippen molar-refractivity contribution in [2.45, 2.75) is 32.9 Å². The Morgan fingerprint density at radius 3 is 2.71 bits per heavy atom. The van der Waals surface area contributed by atoms with Crippen molar-refractivity contribution >= 4 is 21.8 Å². The molecule has 0 aromatic carbocycles. The smallest absolute Gasteiger partial charge is 0.268 e. The Morgan fingerprint density at radius 2 is 2.18 bits per heavy atom. The van der Waals surface area contributed by atoms with Gasteiger partial charge in [-0.05, 0) is 42.8 Å². The Hall–Kier alpha value is -0.810. The Labute approximate surface area is 110 Å². The summed E-state index contributed by atoms with van der Waals surface area (Å²) in [5.74, 6) is -0.0750. The molecule has 96 valence electrons. The summed E-state index contributed by atoms with van der Waals surface area (Å²) in [6.07, 6.45) is 1.92. The predicted octanol–water partition coefficient (Wildman–Crippen LogP) is 2.60. The van der Waals surface area contributed by atoms with Gasteiger partial charge in [-0.3, -0.25) is 4.79 Å². The lowest BCUT2D eigenvalue weighted by Crippen LogP contribution is -2.36. The molecular formula is C12H19BrN2O2. The topological polar surface area (TPSA) is 43.3 Å². The zero-order chi connectivity index (χ0) is 13.0. The van der Waals surface area contributed by atoms with Crippen molar-refractivity contribution in [3.8, 4) is 0 Å². The van der Waals surface area contributed by atoms with Crippen LogP contribution in [0.2, 0.25) is 0 Å². The number of amides is 1. The van der Waals surface area contributed by atoms with Gasteiger partial charge in [-0.2, -0.15) is 0 Å². The molecule has 4 nitrogen and oxygen atoms in total. The summed E-state index contributed by atoms with van der Waals surface area (Å²) >= 11 is 3.39. The molecule has 1 aromatic heterocycles. The van der Waals surface area contributed by atoms with Gasteiger partial charge in [-0.1, -0.05) is 0 Å². The zero-order valence-electron chi connectivity index (χ0n) is 10.7. The predicted molar refractivity (Wildman–Crippen MR) is 71.3 cm³/mol. The van der Waals surface area contributed by atoms with Crippen LogP contribution in [0.5, 0.6) is 0 Å². The molecule has 0 saturated carbocycles. The Morgan fingerprint density at radius 1 is 1.53 bits per heavy atom. The Bertz CT molecular complexity index is 388. The number of carbonyl (C=O) groups is 1. The molecule has 5 heteroatoms. The first-order valence-corrected chi connectivity index (χ1v) is 6.42. The molecule has 1 aromatic rings. The highest BCUT2D eigenvalue weighted by atomic mass is 79.9. The average Bonchev–Trinajstić information content (AvgIpc) is 2.60. The molecule has 0 radical (unpaired) electrons. The van der Waals surface area contributed by atoms with E-state index in [-0.39, 0.29) is 18.0 Å². The third kappa shape index (κ3) is 3.85. The monoisotopic (exact) mass is 302 g/mol. The Balaban J connectivity index is 2.81. The van der Waals surface area contributed by atoms with Crippen molar-refractivity contribution < 1.29 is 9.53 Å². The lowest BCUT2D eigenvalue weighted by atomic mass is 10.3. The van der Waals surface area contributed by atoms with Crippen LogP contribution in [0.1, 0.15) is 37.3 Å². The van der Waals surface area contributed by atoms with Crippen LogP contribution in [-0.4, -0.2) is 30.2 Å². The van der Waals surface area contributed by atoms with Crippen molar-refractivity contribution in [3.63, 3.8) is 0 Å². The molecule has 0 fully saturated rings. The fourth-order valence-corrected chi connectivity index (χ4v) is 2.08. The van der Waals surface area contributed by atoms with Crippen molar-refractivity contribution in [3.05, 3.63) is 22.4 Å². The summed E-state index contributed by atoms with van der Waals surface area (Å²) in [6.45, 7) is 6.51. The van der Waals surface area contributed by atoms with Crippen LogP contribution in [0.3, 0.4) is 0 Å². The minimum atomic E-state index is -0.0750. The summed E-state index contributed by atoms with van der Waals surface area (Å²) in [5.41, 5.74) is 0.662. The highest BCUT2D eigenvalue weighted by Crippen LogP contribution is 2.19. The molecule has 1 unspecified atom stereocenters. The van der Waals surface area contributed by atoms with Crippen LogP contribution in [0.4, 0.5) is 0 Å². The van der Waals surface area contributed by atoms with Gasteiger partial charge < -0.3 is 14.6 Å². The first-order chi connectivity index (χ1) is 7.95. The van der Waals surface area contributed by atoms with Crippen molar-refractivity contribution in [1.82, 2.24) is 9.88 Å². The van der Waals surface area contributed by atoms with Crippen molar-refractivity contribution in [2.24, 2.45) is 0 Å². The first kappa shape index (κ1) is 14.3. The maximum Gasteiger partial charge on any atom is 0.268 e. The molecule has 0 aliphatic heterocycles. The van der Waals surface area contributed by atoms with E-state index < -0.39 is 0 Å². The summed E-state index contributed by atoms with van der Waals surface area (Å²) in [6, 6.07) is 2.08. The van der Waals surface area contributed by atoms with E-state index in [2.05, 4.69) is 21.2 Å². The van der Waals surface area contributed by atoms with Crippen LogP contribution >= 0.6 is 15.9 Å². The van der Waals surface area contributed by atoms with E-state index in [9.17, 15) is 4.79 Å². The number of nitrogens with one attached hydrogen (secondary N) is 1.